The van der Waals surface area contributed by atoms with Crippen LogP contribution in [0.1, 0.15) is 25.8 Å². The molecule has 3 aromatic rings. The number of fused-ring (bicyclic) bond motifs is 1. The minimum Gasteiger partial charge on any atom is -0.354 e. The van der Waals surface area contributed by atoms with Crippen LogP contribution in [0, 0.1) is 11.7 Å². The molecule has 5 nitrogen and oxygen atoms in total. The molecule has 0 aliphatic rings. The van der Waals surface area contributed by atoms with Gasteiger partial charge in [0, 0.05) is 42.0 Å². The normalized spacial score (nSPS) is 11.0. The van der Waals surface area contributed by atoms with Crippen molar-refractivity contribution in [2.24, 2.45) is 5.92 Å². The number of halogens is 1. The Balaban J connectivity index is 1.66. The fraction of sp³-hybridized carbons (Fsp3) is 0.304. The summed E-state index contributed by atoms with van der Waals surface area (Å²) in [5.74, 6) is -0.450. The lowest BCUT2D eigenvalue weighted by Gasteiger charge is -2.09. The molecule has 3 N–H and O–H groups in total. The van der Waals surface area contributed by atoms with Crippen molar-refractivity contribution in [2.45, 2.75) is 26.7 Å². The topological polar surface area (TPSA) is 74.0 Å². The van der Waals surface area contributed by atoms with Gasteiger partial charge in [-0.25, -0.2) is 4.39 Å². The molecule has 2 amide bonds. The average Bonchev–Trinajstić information content (AvgIpc) is 3.08. The molecule has 152 valence electrons. The molecule has 1 heterocycles. The Morgan fingerprint density at radius 1 is 1.00 bits per heavy atom. The first-order chi connectivity index (χ1) is 14.0. The average molecular weight is 395 g/mol. The molecule has 29 heavy (non-hydrogen) atoms. The minimum absolute atomic E-state index is 0.0259. The summed E-state index contributed by atoms with van der Waals surface area (Å²) in [7, 11) is 0. The van der Waals surface area contributed by atoms with Gasteiger partial charge in [0.1, 0.15) is 5.82 Å². The standard InChI is InChI=1S/C23H26FN3O2/c1-15(2)23(29)26-14-13-25-21(28)12-11-19-18-5-3-4-6-20(18)27-22(19)16-7-9-17(24)10-8-16/h3-10,15,27H,11-14H2,1-2H3,(H,25,28)(H,26,29). The molecule has 0 saturated heterocycles. The first-order valence-corrected chi connectivity index (χ1v) is 9.85. The maximum absolute atomic E-state index is 13.3. The third-order valence-electron chi connectivity index (χ3n) is 4.82. The summed E-state index contributed by atoms with van der Waals surface area (Å²) in [6.07, 6.45) is 0.884. The van der Waals surface area contributed by atoms with Crippen LogP contribution in [0.3, 0.4) is 0 Å². The molecule has 0 atom stereocenters. The third kappa shape index (κ3) is 5.22. The highest BCUT2D eigenvalue weighted by molar-refractivity contribution is 5.91. The number of hydrogen-bond acceptors (Lipinski definition) is 2. The molecular weight excluding hydrogens is 369 g/mol. The number of hydrogen-bond donors (Lipinski definition) is 3. The van der Waals surface area contributed by atoms with Crippen molar-refractivity contribution >= 4 is 22.7 Å². The van der Waals surface area contributed by atoms with Crippen LogP contribution in [-0.2, 0) is 16.0 Å². The van der Waals surface area contributed by atoms with Gasteiger partial charge in [-0.05, 0) is 47.9 Å². The van der Waals surface area contributed by atoms with Crippen molar-refractivity contribution in [3.63, 3.8) is 0 Å². The molecule has 0 spiro atoms. The summed E-state index contributed by atoms with van der Waals surface area (Å²) in [4.78, 5) is 27.2. The summed E-state index contributed by atoms with van der Waals surface area (Å²) in [5, 5.41) is 6.68. The molecule has 0 fully saturated rings. The van der Waals surface area contributed by atoms with Gasteiger partial charge in [0.25, 0.3) is 0 Å². The molecule has 0 aliphatic heterocycles. The first kappa shape index (κ1) is 20.6. The summed E-state index contributed by atoms with van der Waals surface area (Å²) in [6, 6.07) is 14.3. The van der Waals surface area contributed by atoms with E-state index in [2.05, 4.69) is 15.6 Å². The third-order valence-corrected chi connectivity index (χ3v) is 4.82. The maximum Gasteiger partial charge on any atom is 0.222 e. The highest BCUT2D eigenvalue weighted by Crippen LogP contribution is 2.31. The fourth-order valence-corrected chi connectivity index (χ4v) is 3.24. The number of para-hydroxylation sites is 1. The molecule has 0 bridgehead atoms. The second-order valence-corrected chi connectivity index (χ2v) is 7.33. The molecule has 0 radical (unpaired) electrons. The van der Waals surface area contributed by atoms with Crippen LogP contribution in [0.2, 0.25) is 0 Å². The van der Waals surface area contributed by atoms with E-state index in [-0.39, 0.29) is 23.5 Å². The van der Waals surface area contributed by atoms with Crippen molar-refractivity contribution < 1.29 is 14.0 Å². The van der Waals surface area contributed by atoms with Crippen LogP contribution in [0.4, 0.5) is 4.39 Å². The number of aromatic amines is 1. The number of amides is 2. The van der Waals surface area contributed by atoms with E-state index >= 15 is 0 Å². The van der Waals surface area contributed by atoms with Gasteiger partial charge < -0.3 is 15.6 Å². The van der Waals surface area contributed by atoms with Gasteiger partial charge in [0.2, 0.25) is 11.8 Å². The Kier molecular flexibility index (Phi) is 6.65. The van der Waals surface area contributed by atoms with E-state index in [9.17, 15) is 14.0 Å². The smallest absolute Gasteiger partial charge is 0.222 e. The number of benzene rings is 2. The van der Waals surface area contributed by atoms with E-state index in [0.29, 0.717) is 25.9 Å². The van der Waals surface area contributed by atoms with Crippen LogP contribution in [0.5, 0.6) is 0 Å². The lowest BCUT2D eigenvalue weighted by molar-refractivity contribution is -0.124. The van der Waals surface area contributed by atoms with Crippen molar-refractivity contribution in [1.29, 1.82) is 0 Å². The monoisotopic (exact) mass is 395 g/mol. The van der Waals surface area contributed by atoms with Gasteiger partial charge in [0.15, 0.2) is 0 Å². The zero-order valence-electron chi connectivity index (χ0n) is 16.7. The zero-order valence-corrected chi connectivity index (χ0v) is 16.7. The molecule has 3 rings (SSSR count). The first-order valence-electron chi connectivity index (χ1n) is 9.85. The Morgan fingerprint density at radius 3 is 2.41 bits per heavy atom. The van der Waals surface area contributed by atoms with Gasteiger partial charge in [-0.15, -0.1) is 0 Å². The number of H-pyrrole nitrogens is 1. The Hall–Kier alpha value is -3.15. The molecule has 0 aliphatic carbocycles. The fourth-order valence-electron chi connectivity index (χ4n) is 3.24. The van der Waals surface area contributed by atoms with E-state index in [1.165, 1.54) is 12.1 Å². The predicted molar refractivity (Wildman–Crippen MR) is 113 cm³/mol. The summed E-state index contributed by atoms with van der Waals surface area (Å²) >= 11 is 0. The quantitative estimate of drug-likeness (QED) is 0.508. The summed E-state index contributed by atoms with van der Waals surface area (Å²) < 4.78 is 13.3. The summed E-state index contributed by atoms with van der Waals surface area (Å²) in [6.45, 7) is 4.47. The van der Waals surface area contributed by atoms with Crippen molar-refractivity contribution in [2.75, 3.05) is 13.1 Å². The Morgan fingerprint density at radius 2 is 1.69 bits per heavy atom. The second kappa shape index (κ2) is 9.37. The predicted octanol–water partition coefficient (Wildman–Crippen LogP) is 3.80. The van der Waals surface area contributed by atoms with Crippen LogP contribution < -0.4 is 10.6 Å². The van der Waals surface area contributed by atoms with Crippen LogP contribution in [0.15, 0.2) is 48.5 Å². The highest BCUT2D eigenvalue weighted by Gasteiger charge is 2.14. The van der Waals surface area contributed by atoms with E-state index in [1.54, 1.807) is 12.1 Å². The molecule has 6 heteroatoms. The second-order valence-electron chi connectivity index (χ2n) is 7.33. The van der Waals surface area contributed by atoms with E-state index in [4.69, 9.17) is 0 Å². The van der Waals surface area contributed by atoms with Gasteiger partial charge >= 0.3 is 0 Å². The number of carbonyl (C=O) groups excluding carboxylic acids is 2. The highest BCUT2D eigenvalue weighted by atomic mass is 19.1. The van der Waals surface area contributed by atoms with Crippen LogP contribution in [0.25, 0.3) is 22.2 Å². The Labute approximate surface area is 169 Å². The molecule has 0 saturated carbocycles. The Bertz CT molecular complexity index is 993. The molecule has 1 aromatic heterocycles. The summed E-state index contributed by atoms with van der Waals surface area (Å²) in [5.41, 5.74) is 3.81. The van der Waals surface area contributed by atoms with Crippen molar-refractivity contribution in [3.8, 4) is 11.3 Å². The van der Waals surface area contributed by atoms with Gasteiger partial charge in [-0.1, -0.05) is 32.0 Å². The van der Waals surface area contributed by atoms with Gasteiger partial charge in [-0.3, -0.25) is 9.59 Å². The van der Waals surface area contributed by atoms with Crippen LogP contribution in [-0.4, -0.2) is 29.9 Å². The number of carbonyl (C=O) groups is 2. The largest absolute Gasteiger partial charge is 0.354 e. The molecule has 2 aromatic carbocycles. The zero-order chi connectivity index (χ0) is 20.8. The van der Waals surface area contributed by atoms with Crippen molar-refractivity contribution in [1.82, 2.24) is 15.6 Å². The molecule has 0 unspecified atom stereocenters. The molecular formula is C23H26FN3O2. The SMILES string of the molecule is CC(C)C(=O)NCCNC(=O)CCc1c(-c2ccc(F)cc2)[nH]c2ccccc12. The number of nitrogens with one attached hydrogen (secondary N) is 3. The number of rotatable bonds is 8. The minimum atomic E-state index is -0.282. The number of aryl methyl sites for hydroxylation is 1. The van der Waals surface area contributed by atoms with E-state index < -0.39 is 0 Å². The van der Waals surface area contributed by atoms with Gasteiger partial charge in [0.05, 0.1) is 0 Å². The lowest BCUT2D eigenvalue weighted by Crippen LogP contribution is -2.36. The maximum atomic E-state index is 13.3. The lowest BCUT2D eigenvalue weighted by atomic mass is 10.0. The number of aromatic nitrogens is 1. The van der Waals surface area contributed by atoms with Gasteiger partial charge in [-0.2, -0.15) is 0 Å². The van der Waals surface area contributed by atoms with Crippen molar-refractivity contribution in [3.05, 3.63) is 59.9 Å². The van der Waals surface area contributed by atoms with Crippen LogP contribution >= 0.6 is 0 Å². The van der Waals surface area contributed by atoms with E-state index in [0.717, 1.165) is 27.7 Å². The van der Waals surface area contributed by atoms with E-state index in [1.807, 2.05) is 38.1 Å².